The molecule has 0 aliphatic heterocycles. The van der Waals surface area contributed by atoms with Crippen LogP contribution >= 0.6 is 34.1 Å². The van der Waals surface area contributed by atoms with E-state index in [2.05, 4.69) is 86.8 Å². The van der Waals surface area contributed by atoms with Crippen molar-refractivity contribution in [2.75, 3.05) is 0 Å². The summed E-state index contributed by atoms with van der Waals surface area (Å²) in [7, 11) is 1.50. The van der Waals surface area contributed by atoms with E-state index in [1.807, 2.05) is 12.1 Å². The molecular weight excluding hydrogens is 404 g/mol. The fraction of sp³-hybridized carbons (Fsp3) is 0.304. The molecule has 3 aromatic rings. The molecule has 2 aromatic heterocycles. The van der Waals surface area contributed by atoms with E-state index < -0.39 is 0 Å². The molecule has 5 heteroatoms. The van der Waals surface area contributed by atoms with Gasteiger partial charge in [-0.25, -0.2) is 4.98 Å². The summed E-state index contributed by atoms with van der Waals surface area (Å²) in [6.45, 7) is 8.69. The van der Waals surface area contributed by atoms with Gasteiger partial charge in [-0.2, -0.15) is 0 Å². The molecule has 0 aliphatic carbocycles. The van der Waals surface area contributed by atoms with Gasteiger partial charge < -0.3 is 0 Å². The lowest BCUT2D eigenvalue weighted by Gasteiger charge is -2.26. The third kappa shape index (κ3) is 4.91. The van der Waals surface area contributed by atoms with Gasteiger partial charge in [-0.15, -0.1) is 11.7 Å². The third-order valence-corrected chi connectivity index (χ3v) is 6.94. The van der Waals surface area contributed by atoms with E-state index in [4.69, 9.17) is 16.6 Å². The Bertz CT molecular complexity index is 951. The van der Waals surface area contributed by atoms with Crippen molar-refractivity contribution in [1.29, 1.82) is 0 Å². The molecule has 2 heterocycles. The molecule has 0 amide bonds. The van der Waals surface area contributed by atoms with Gasteiger partial charge in [0.05, 0.1) is 16.1 Å². The number of hydrogen-bond acceptors (Lipinski definition) is 4. The fourth-order valence-corrected chi connectivity index (χ4v) is 4.14. The monoisotopic (exact) mass is 428 g/mol. The number of pyridine rings is 2. The molecule has 146 valence electrons. The summed E-state index contributed by atoms with van der Waals surface area (Å²) < 4.78 is -0.264. The third-order valence-electron chi connectivity index (χ3n) is 4.77. The molecule has 3 rings (SSSR count). The van der Waals surface area contributed by atoms with E-state index in [1.54, 1.807) is 6.07 Å². The first kappa shape index (κ1) is 21.2. The van der Waals surface area contributed by atoms with Crippen molar-refractivity contribution in [3.05, 3.63) is 82.8 Å². The van der Waals surface area contributed by atoms with Gasteiger partial charge >= 0.3 is 0 Å². The van der Waals surface area contributed by atoms with Gasteiger partial charge in [0.15, 0.2) is 0 Å². The Morgan fingerprint density at radius 3 is 2.11 bits per heavy atom. The zero-order valence-electron chi connectivity index (χ0n) is 16.6. The van der Waals surface area contributed by atoms with Crippen molar-refractivity contribution in [2.24, 2.45) is 0 Å². The number of halogens is 1. The predicted octanol–water partition coefficient (Wildman–Crippen LogP) is 7.13. The number of rotatable bonds is 5. The minimum Gasteiger partial charge on any atom is -0.252 e. The van der Waals surface area contributed by atoms with Gasteiger partial charge in [-0.05, 0) is 43.2 Å². The van der Waals surface area contributed by atoms with Crippen molar-refractivity contribution in [1.82, 2.24) is 9.97 Å². The van der Waals surface area contributed by atoms with Crippen LogP contribution in [0.25, 0.3) is 11.3 Å². The highest BCUT2D eigenvalue weighted by Gasteiger charge is 2.28. The van der Waals surface area contributed by atoms with E-state index in [0.29, 0.717) is 5.15 Å². The molecule has 2 nitrogen and oxygen atoms in total. The Labute approximate surface area is 182 Å². The average Bonchev–Trinajstić information content (AvgIpc) is 2.68. The lowest BCUT2D eigenvalue weighted by atomic mass is 9.91. The Hall–Kier alpha value is -1.49. The molecule has 0 saturated heterocycles. The van der Waals surface area contributed by atoms with Gasteiger partial charge in [-0.1, -0.05) is 79.6 Å². The highest BCUT2D eigenvalue weighted by atomic mass is 35.5. The first-order valence-corrected chi connectivity index (χ1v) is 11.5. The second kappa shape index (κ2) is 8.48. The maximum Gasteiger partial charge on any atom is 0.129 e. The van der Waals surface area contributed by atoms with Gasteiger partial charge in [0.2, 0.25) is 0 Å². The fourth-order valence-electron chi connectivity index (χ4n) is 3.07. The summed E-state index contributed by atoms with van der Waals surface area (Å²) in [5.74, 6) is 0. The smallest absolute Gasteiger partial charge is 0.129 e. The maximum absolute atomic E-state index is 6.09. The predicted molar refractivity (Wildman–Crippen MR) is 125 cm³/mol. The molecule has 0 N–H and O–H groups in total. The first-order chi connectivity index (χ1) is 13.2. The van der Waals surface area contributed by atoms with Gasteiger partial charge in [-0.3, -0.25) is 4.98 Å². The lowest BCUT2D eigenvalue weighted by molar-refractivity contribution is 0.570. The molecule has 0 aliphatic rings. The van der Waals surface area contributed by atoms with Gasteiger partial charge in [0.1, 0.15) is 5.15 Å². The highest BCUT2D eigenvalue weighted by molar-refractivity contribution is 8.69. The van der Waals surface area contributed by atoms with Crippen LogP contribution in [0.15, 0.2) is 60.7 Å². The Balaban J connectivity index is 1.85. The SMILES string of the molecule is CC(C)(C)c1cccc(-c2ccc(CC(C)(SS)c3cccc(Cl)n3)cc2)n1. The lowest BCUT2D eigenvalue weighted by Crippen LogP contribution is -2.21. The van der Waals surface area contributed by atoms with E-state index in [9.17, 15) is 0 Å². The summed E-state index contributed by atoms with van der Waals surface area (Å²) in [5.41, 5.74) is 5.41. The Morgan fingerprint density at radius 1 is 0.857 bits per heavy atom. The largest absolute Gasteiger partial charge is 0.252 e. The quantitative estimate of drug-likeness (QED) is 0.266. The molecule has 0 spiro atoms. The molecule has 0 bridgehead atoms. The second-order valence-electron chi connectivity index (χ2n) is 8.20. The number of thiol groups is 1. The minimum absolute atomic E-state index is 0.0332. The molecule has 0 fully saturated rings. The van der Waals surface area contributed by atoms with Crippen LogP contribution < -0.4 is 0 Å². The van der Waals surface area contributed by atoms with Crippen molar-refractivity contribution in [3.8, 4) is 11.3 Å². The molecule has 1 unspecified atom stereocenters. The van der Waals surface area contributed by atoms with Crippen LogP contribution in [0.5, 0.6) is 0 Å². The van der Waals surface area contributed by atoms with E-state index in [0.717, 1.165) is 29.1 Å². The molecule has 28 heavy (non-hydrogen) atoms. The summed E-state index contributed by atoms with van der Waals surface area (Å²) >= 11 is 10.6. The summed E-state index contributed by atoms with van der Waals surface area (Å²) in [4.78, 5) is 9.35. The zero-order valence-corrected chi connectivity index (χ0v) is 19.1. The second-order valence-corrected chi connectivity index (χ2v) is 10.2. The van der Waals surface area contributed by atoms with E-state index in [-0.39, 0.29) is 10.2 Å². The van der Waals surface area contributed by atoms with Crippen LogP contribution in [0.4, 0.5) is 0 Å². The normalized spacial score (nSPS) is 13.9. The van der Waals surface area contributed by atoms with Crippen LogP contribution in [-0.2, 0) is 16.6 Å². The Kier molecular flexibility index (Phi) is 6.43. The molecule has 1 atom stereocenters. The number of aromatic nitrogens is 2. The average molecular weight is 429 g/mol. The number of hydrogen-bond donors (Lipinski definition) is 1. The minimum atomic E-state index is -0.264. The van der Waals surface area contributed by atoms with Crippen molar-refractivity contribution in [3.63, 3.8) is 0 Å². The van der Waals surface area contributed by atoms with E-state index in [1.165, 1.54) is 16.4 Å². The molecule has 0 saturated carbocycles. The van der Waals surface area contributed by atoms with Crippen LogP contribution in [0.3, 0.4) is 0 Å². The van der Waals surface area contributed by atoms with Crippen molar-refractivity contribution < 1.29 is 0 Å². The maximum atomic E-state index is 6.09. The summed E-state index contributed by atoms with van der Waals surface area (Å²) in [6.07, 6.45) is 0.810. The highest BCUT2D eigenvalue weighted by Crippen LogP contribution is 2.41. The van der Waals surface area contributed by atoms with Gasteiger partial charge in [0, 0.05) is 16.7 Å². The zero-order chi connectivity index (χ0) is 20.4. The summed E-state index contributed by atoms with van der Waals surface area (Å²) in [6, 6.07) is 20.6. The van der Waals surface area contributed by atoms with Crippen molar-refractivity contribution >= 4 is 34.1 Å². The topological polar surface area (TPSA) is 25.8 Å². The molecule has 0 radical (unpaired) electrons. The molecule has 1 aromatic carbocycles. The van der Waals surface area contributed by atoms with Gasteiger partial charge in [0.25, 0.3) is 0 Å². The first-order valence-electron chi connectivity index (χ1n) is 9.24. The Morgan fingerprint density at radius 2 is 1.50 bits per heavy atom. The van der Waals surface area contributed by atoms with Crippen LogP contribution in [-0.4, -0.2) is 9.97 Å². The van der Waals surface area contributed by atoms with Crippen LogP contribution in [0, 0.1) is 0 Å². The standard InChI is InChI=1S/C23H25ClN2S2/c1-22(2,3)19-8-5-7-18(25-19)17-13-11-16(12-14-17)15-23(4,28-27)20-9-6-10-21(24)26-20/h5-14,27H,15H2,1-4H3. The number of benzene rings is 1. The van der Waals surface area contributed by atoms with E-state index >= 15 is 0 Å². The van der Waals surface area contributed by atoms with Crippen LogP contribution in [0.1, 0.15) is 44.6 Å². The summed E-state index contributed by atoms with van der Waals surface area (Å²) in [5, 5.41) is 0.506. The number of nitrogens with zero attached hydrogens (tertiary/aromatic N) is 2. The molecular formula is C23H25ClN2S2. The van der Waals surface area contributed by atoms with Crippen molar-refractivity contribution in [2.45, 2.75) is 44.3 Å². The van der Waals surface area contributed by atoms with Crippen LogP contribution in [0.2, 0.25) is 5.15 Å².